The predicted molar refractivity (Wildman–Crippen MR) is 76.9 cm³/mol. The molecule has 0 heterocycles. The van der Waals surface area contributed by atoms with E-state index < -0.39 is 11.6 Å². The van der Waals surface area contributed by atoms with Crippen molar-refractivity contribution in [2.45, 2.75) is 0 Å². The van der Waals surface area contributed by atoms with E-state index in [9.17, 15) is 9.59 Å². The first kappa shape index (κ1) is 13.2. The third-order valence-corrected chi connectivity index (χ3v) is 3.83. The summed E-state index contributed by atoms with van der Waals surface area (Å²) in [4.78, 5) is 24.2. The van der Waals surface area contributed by atoms with E-state index in [1.807, 2.05) is 0 Å². The standard InChI is InChI=1S/C14H8Br2O2/c15-11-7-3-1-5-9(11)13(17)14(18)10-6-2-4-8-12(10)16/h1-8H. The lowest BCUT2D eigenvalue weighted by atomic mass is 10.0. The van der Waals surface area contributed by atoms with Gasteiger partial charge in [-0.15, -0.1) is 0 Å². The minimum atomic E-state index is -0.519. The zero-order valence-electron chi connectivity index (χ0n) is 9.19. The Hall–Kier alpha value is -1.26. The molecule has 2 nitrogen and oxygen atoms in total. The summed E-state index contributed by atoms with van der Waals surface area (Å²) in [5, 5.41) is 0. The number of halogens is 2. The van der Waals surface area contributed by atoms with Gasteiger partial charge in [0.05, 0.1) is 0 Å². The monoisotopic (exact) mass is 366 g/mol. The summed E-state index contributed by atoms with van der Waals surface area (Å²) in [5.74, 6) is -1.04. The van der Waals surface area contributed by atoms with Crippen LogP contribution in [-0.2, 0) is 0 Å². The van der Waals surface area contributed by atoms with E-state index in [0.29, 0.717) is 20.1 Å². The largest absolute Gasteiger partial charge is 0.285 e. The molecule has 0 amide bonds. The zero-order chi connectivity index (χ0) is 13.1. The van der Waals surface area contributed by atoms with Gasteiger partial charge in [0, 0.05) is 20.1 Å². The van der Waals surface area contributed by atoms with Crippen LogP contribution in [0.1, 0.15) is 20.7 Å². The number of ketones is 2. The van der Waals surface area contributed by atoms with E-state index in [1.165, 1.54) is 0 Å². The summed E-state index contributed by atoms with van der Waals surface area (Å²) in [5.41, 5.74) is 0.747. The lowest BCUT2D eigenvalue weighted by Crippen LogP contribution is -2.15. The molecule has 90 valence electrons. The van der Waals surface area contributed by atoms with Crippen LogP contribution in [0.15, 0.2) is 57.5 Å². The molecule has 2 aromatic carbocycles. The molecule has 0 aromatic heterocycles. The summed E-state index contributed by atoms with van der Waals surface area (Å²) in [6, 6.07) is 13.8. The van der Waals surface area contributed by atoms with E-state index in [1.54, 1.807) is 48.5 Å². The Bertz CT molecular complexity index is 565. The van der Waals surface area contributed by atoms with E-state index in [4.69, 9.17) is 0 Å². The summed E-state index contributed by atoms with van der Waals surface area (Å²) in [6.45, 7) is 0. The molecule has 0 aliphatic carbocycles. The number of hydrogen-bond donors (Lipinski definition) is 0. The average molecular weight is 368 g/mol. The van der Waals surface area contributed by atoms with Crippen molar-refractivity contribution in [1.82, 2.24) is 0 Å². The van der Waals surface area contributed by atoms with Gasteiger partial charge in [0.2, 0.25) is 11.6 Å². The second-order valence-electron chi connectivity index (χ2n) is 3.62. The van der Waals surface area contributed by atoms with Gasteiger partial charge in [0.15, 0.2) is 0 Å². The van der Waals surface area contributed by atoms with Crippen LogP contribution in [-0.4, -0.2) is 11.6 Å². The highest BCUT2D eigenvalue weighted by molar-refractivity contribution is 9.10. The Kier molecular flexibility index (Phi) is 4.09. The topological polar surface area (TPSA) is 34.1 Å². The molecule has 0 bridgehead atoms. The third-order valence-electron chi connectivity index (χ3n) is 2.44. The maximum absolute atomic E-state index is 12.1. The van der Waals surface area contributed by atoms with Gasteiger partial charge >= 0.3 is 0 Å². The van der Waals surface area contributed by atoms with Gasteiger partial charge in [-0.2, -0.15) is 0 Å². The first-order chi connectivity index (χ1) is 8.61. The van der Waals surface area contributed by atoms with Gasteiger partial charge in [-0.25, -0.2) is 0 Å². The Morgan fingerprint density at radius 1 is 0.667 bits per heavy atom. The quantitative estimate of drug-likeness (QED) is 0.599. The fourth-order valence-corrected chi connectivity index (χ4v) is 2.47. The van der Waals surface area contributed by atoms with Crippen LogP contribution in [0.4, 0.5) is 0 Å². The van der Waals surface area contributed by atoms with E-state index in [-0.39, 0.29) is 0 Å². The maximum Gasteiger partial charge on any atom is 0.234 e. The third kappa shape index (κ3) is 2.60. The SMILES string of the molecule is O=C(C(=O)c1ccccc1Br)c1ccccc1Br. The lowest BCUT2D eigenvalue weighted by Gasteiger charge is -2.04. The average Bonchev–Trinajstić information content (AvgIpc) is 2.38. The van der Waals surface area contributed by atoms with Crippen LogP contribution >= 0.6 is 31.9 Å². The normalized spacial score (nSPS) is 10.1. The highest BCUT2D eigenvalue weighted by Gasteiger charge is 2.21. The summed E-state index contributed by atoms with van der Waals surface area (Å²) in [6.07, 6.45) is 0. The van der Waals surface area contributed by atoms with Crippen LogP contribution in [0.2, 0.25) is 0 Å². The van der Waals surface area contributed by atoms with Crippen molar-refractivity contribution >= 4 is 43.4 Å². The number of rotatable bonds is 3. The molecule has 18 heavy (non-hydrogen) atoms. The molecule has 0 fully saturated rings. The van der Waals surface area contributed by atoms with Crippen molar-refractivity contribution in [3.8, 4) is 0 Å². The molecule has 0 radical (unpaired) electrons. The fourth-order valence-electron chi connectivity index (χ4n) is 1.54. The summed E-state index contributed by atoms with van der Waals surface area (Å²) >= 11 is 6.54. The number of benzene rings is 2. The first-order valence-electron chi connectivity index (χ1n) is 5.19. The van der Waals surface area contributed by atoms with Gasteiger partial charge in [-0.05, 0) is 24.3 Å². The van der Waals surface area contributed by atoms with Crippen molar-refractivity contribution in [3.63, 3.8) is 0 Å². The van der Waals surface area contributed by atoms with Crippen molar-refractivity contribution < 1.29 is 9.59 Å². The molecule has 0 aliphatic heterocycles. The second kappa shape index (κ2) is 5.59. The molecular weight excluding hydrogens is 360 g/mol. The number of Topliss-reactive ketones (excluding diaryl/α,β-unsaturated/α-hetero) is 2. The molecule has 0 saturated heterocycles. The Morgan fingerprint density at radius 2 is 1.00 bits per heavy atom. The molecule has 0 atom stereocenters. The lowest BCUT2D eigenvalue weighted by molar-refractivity contribution is 0.0816. The molecule has 2 rings (SSSR count). The van der Waals surface area contributed by atoms with Crippen LogP contribution in [0, 0.1) is 0 Å². The molecule has 0 unspecified atom stereocenters. The van der Waals surface area contributed by atoms with Gasteiger partial charge in [-0.1, -0.05) is 56.1 Å². The number of carbonyl (C=O) groups excluding carboxylic acids is 2. The number of hydrogen-bond acceptors (Lipinski definition) is 2. The highest BCUT2D eigenvalue weighted by Crippen LogP contribution is 2.21. The van der Waals surface area contributed by atoms with Crippen molar-refractivity contribution in [2.24, 2.45) is 0 Å². The molecule has 0 N–H and O–H groups in total. The molecule has 4 heteroatoms. The first-order valence-corrected chi connectivity index (χ1v) is 6.78. The maximum atomic E-state index is 12.1. The highest BCUT2D eigenvalue weighted by atomic mass is 79.9. The van der Waals surface area contributed by atoms with E-state index in [2.05, 4.69) is 31.9 Å². The van der Waals surface area contributed by atoms with Gasteiger partial charge in [0.25, 0.3) is 0 Å². The minimum Gasteiger partial charge on any atom is -0.285 e. The smallest absolute Gasteiger partial charge is 0.234 e. The van der Waals surface area contributed by atoms with E-state index >= 15 is 0 Å². The van der Waals surface area contributed by atoms with Gasteiger partial charge < -0.3 is 0 Å². The van der Waals surface area contributed by atoms with Gasteiger partial charge in [-0.3, -0.25) is 9.59 Å². The Morgan fingerprint density at radius 3 is 1.33 bits per heavy atom. The van der Waals surface area contributed by atoms with Crippen LogP contribution in [0.3, 0.4) is 0 Å². The van der Waals surface area contributed by atoms with Crippen LogP contribution < -0.4 is 0 Å². The fraction of sp³-hybridized carbons (Fsp3) is 0. The molecule has 0 spiro atoms. The number of carbonyl (C=O) groups is 2. The van der Waals surface area contributed by atoms with Crippen molar-refractivity contribution in [3.05, 3.63) is 68.6 Å². The molecular formula is C14H8Br2O2. The molecule has 0 saturated carbocycles. The Balaban J connectivity index is 2.39. The summed E-state index contributed by atoms with van der Waals surface area (Å²) in [7, 11) is 0. The van der Waals surface area contributed by atoms with Crippen molar-refractivity contribution in [1.29, 1.82) is 0 Å². The molecule has 0 aliphatic rings. The minimum absolute atomic E-state index is 0.373. The Labute approximate surface area is 121 Å². The second-order valence-corrected chi connectivity index (χ2v) is 5.33. The van der Waals surface area contributed by atoms with Gasteiger partial charge in [0.1, 0.15) is 0 Å². The summed E-state index contributed by atoms with van der Waals surface area (Å²) < 4.78 is 1.24. The predicted octanol–water partition coefficient (Wildman–Crippen LogP) is 4.28. The van der Waals surface area contributed by atoms with E-state index in [0.717, 1.165) is 0 Å². The van der Waals surface area contributed by atoms with Crippen molar-refractivity contribution in [2.75, 3.05) is 0 Å². The van der Waals surface area contributed by atoms with Crippen LogP contribution in [0.5, 0.6) is 0 Å². The molecule has 2 aromatic rings. The van der Waals surface area contributed by atoms with Crippen LogP contribution in [0.25, 0.3) is 0 Å². The zero-order valence-corrected chi connectivity index (χ0v) is 12.4.